The molecule has 0 aliphatic carbocycles. The van der Waals surface area contributed by atoms with Crippen LogP contribution in [0.1, 0.15) is 11.1 Å². The second kappa shape index (κ2) is 8.39. The molecular weight excluding hydrogens is 366 g/mol. The number of nitrogens with zero attached hydrogens (tertiary/aromatic N) is 3. The molecule has 2 aromatic rings. The molecule has 2 aliphatic rings. The summed E-state index contributed by atoms with van der Waals surface area (Å²) in [6, 6.07) is 17.5. The number of esters is 1. The first-order valence-corrected chi connectivity index (χ1v) is 9.10. The molecule has 0 spiro atoms. The van der Waals surface area contributed by atoms with Gasteiger partial charge >= 0.3 is 5.97 Å². The molecule has 0 fully saturated rings. The number of methoxy groups -OCH3 is 1. The van der Waals surface area contributed by atoms with Crippen LogP contribution in [0.5, 0.6) is 5.75 Å². The third kappa shape index (κ3) is 4.16. The van der Waals surface area contributed by atoms with Crippen molar-refractivity contribution in [1.82, 2.24) is 4.90 Å². The van der Waals surface area contributed by atoms with E-state index in [1.807, 2.05) is 66.7 Å². The van der Waals surface area contributed by atoms with Crippen LogP contribution in [-0.4, -0.2) is 29.7 Å². The maximum atomic E-state index is 12.5. The minimum Gasteiger partial charge on any atom is -0.489 e. The lowest BCUT2D eigenvalue weighted by molar-refractivity contribution is -0.136. The lowest BCUT2D eigenvalue weighted by Crippen LogP contribution is -2.40. The number of hydrogen-bond donors (Lipinski definition) is 0. The Morgan fingerprint density at radius 3 is 2.28 bits per heavy atom. The average Bonchev–Trinajstić information content (AvgIpc) is 2.68. The molecule has 2 aromatic carbocycles. The Morgan fingerprint density at radius 2 is 1.69 bits per heavy atom. The van der Waals surface area contributed by atoms with E-state index in [0.717, 1.165) is 11.1 Å². The highest BCUT2D eigenvalue weighted by molar-refractivity contribution is 6.19. The van der Waals surface area contributed by atoms with Crippen LogP contribution in [-0.2, 0) is 16.1 Å². The summed E-state index contributed by atoms with van der Waals surface area (Å²) in [5.41, 5.74) is 2.20. The summed E-state index contributed by atoms with van der Waals surface area (Å²) in [6.45, 7) is 0.465. The normalized spacial score (nSPS) is 14.3. The van der Waals surface area contributed by atoms with E-state index in [4.69, 9.17) is 9.47 Å². The second-order valence-corrected chi connectivity index (χ2v) is 6.31. The molecule has 0 radical (unpaired) electrons. The minimum atomic E-state index is -0.480. The Labute approximate surface area is 168 Å². The number of rotatable bonds is 6. The fourth-order valence-electron chi connectivity index (χ4n) is 2.82. The van der Waals surface area contributed by atoms with E-state index >= 15 is 0 Å². The summed E-state index contributed by atoms with van der Waals surface area (Å²) in [5.74, 6) is 1.48. The standard InChI is InChI=1S/C23H19N3O3/c1-28-23(27)20(26(21-10-12-24-21)22-11-13-25-22)15-18-8-5-9-19(14-18)29-16-17-6-3-2-4-7-17/h2-15H,16H2,1H3. The Bertz CT molecular complexity index is 1040. The van der Waals surface area contributed by atoms with Gasteiger partial charge in [-0.15, -0.1) is 0 Å². The Morgan fingerprint density at radius 1 is 1.00 bits per heavy atom. The summed E-state index contributed by atoms with van der Waals surface area (Å²) >= 11 is 0. The smallest absolute Gasteiger partial charge is 0.355 e. The molecule has 29 heavy (non-hydrogen) atoms. The molecule has 144 valence electrons. The largest absolute Gasteiger partial charge is 0.489 e. The predicted molar refractivity (Wildman–Crippen MR) is 112 cm³/mol. The van der Waals surface area contributed by atoms with Gasteiger partial charge < -0.3 is 9.47 Å². The SMILES string of the molecule is COC(=O)C(=Cc1cccc(OCc2ccccc2)c1)N(C1=NC=C1)C1=NC=C1. The van der Waals surface area contributed by atoms with E-state index < -0.39 is 5.97 Å². The summed E-state index contributed by atoms with van der Waals surface area (Å²) in [6.07, 6.45) is 8.69. The zero-order valence-corrected chi connectivity index (χ0v) is 15.9. The van der Waals surface area contributed by atoms with Gasteiger partial charge in [0.25, 0.3) is 0 Å². The molecule has 0 saturated heterocycles. The number of carbonyl (C=O) groups is 1. The van der Waals surface area contributed by atoms with Crippen molar-refractivity contribution >= 4 is 23.7 Å². The molecule has 0 unspecified atom stereocenters. The van der Waals surface area contributed by atoms with Crippen LogP contribution in [0.2, 0.25) is 0 Å². The van der Waals surface area contributed by atoms with Crippen LogP contribution in [0.4, 0.5) is 0 Å². The molecule has 6 heteroatoms. The van der Waals surface area contributed by atoms with Crippen molar-refractivity contribution in [2.24, 2.45) is 9.98 Å². The molecule has 2 heterocycles. The van der Waals surface area contributed by atoms with Crippen molar-refractivity contribution in [3.63, 3.8) is 0 Å². The van der Waals surface area contributed by atoms with Crippen molar-refractivity contribution in [1.29, 1.82) is 0 Å². The number of aliphatic imine (C=N–C) groups is 2. The maximum absolute atomic E-state index is 12.5. The van der Waals surface area contributed by atoms with E-state index in [1.54, 1.807) is 23.4 Å². The molecule has 4 rings (SSSR count). The summed E-state index contributed by atoms with van der Waals surface area (Å²) < 4.78 is 10.9. The van der Waals surface area contributed by atoms with Crippen molar-refractivity contribution < 1.29 is 14.3 Å². The van der Waals surface area contributed by atoms with Crippen molar-refractivity contribution in [2.45, 2.75) is 6.61 Å². The summed E-state index contributed by atoms with van der Waals surface area (Å²) in [7, 11) is 1.35. The van der Waals surface area contributed by atoms with Gasteiger partial charge in [0, 0.05) is 12.4 Å². The van der Waals surface area contributed by atoms with Crippen LogP contribution in [0, 0.1) is 0 Å². The minimum absolute atomic E-state index is 0.318. The van der Waals surface area contributed by atoms with E-state index in [0.29, 0.717) is 29.7 Å². The highest BCUT2D eigenvalue weighted by Gasteiger charge is 2.28. The van der Waals surface area contributed by atoms with Crippen LogP contribution < -0.4 is 4.74 Å². The maximum Gasteiger partial charge on any atom is 0.355 e. The van der Waals surface area contributed by atoms with E-state index in [-0.39, 0.29) is 0 Å². The number of benzene rings is 2. The molecule has 0 aromatic heterocycles. The summed E-state index contributed by atoms with van der Waals surface area (Å²) in [4.78, 5) is 22.6. The van der Waals surface area contributed by atoms with Crippen LogP contribution in [0.15, 0.2) is 94.8 Å². The number of amidine groups is 2. The average molecular weight is 385 g/mol. The highest BCUT2D eigenvalue weighted by atomic mass is 16.5. The van der Waals surface area contributed by atoms with Gasteiger partial charge in [0.15, 0.2) is 0 Å². The fourth-order valence-corrected chi connectivity index (χ4v) is 2.82. The van der Waals surface area contributed by atoms with Gasteiger partial charge in [0.05, 0.1) is 7.11 Å². The molecule has 0 amide bonds. The fraction of sp³-hybridized carbons (Fsp3) is 0.0870. The molecule has 0 saturated carbocycles. The molecule has 0 bridgehead atoms. The lowest BCUT2D eigenvalue weighted by atomic mass is 10.1. The molecule has 6 nitrogen and oxygen atoms in total. The van der Waals surface area contributed by atoms with E-state index in [1.165, 1.54) is 7.11 Å². The number of hydrogen-bond acceptors (Lipinski definition) is 6. The quantitative estimate of drug-likeness (QED) is 0.558. The molecule has 2 aliphatic heterocycles. The Hall–Kier alpha value is -3.93. The number of carbonyl (C=O) groups excluding carboxylic acids is 1. The first kappa shape index (κ1) is 18.4. The molecule has 0 atom stereocenters. The van der Waals surface area contributed by atoms with Gasteiger partial charge in [-0.05, 0) is 41.5 Å². The van der Waals surface area contributed by atoms with Crippen molar-refractivity contribution in [3.8, 4) is 5.75 Å². The third-order valence-electron chi connectivity index (χ3n) is 4.36. The second-order valence-electron chi connectivity index (χ2n) is 6.31. The first-order chi connectivity index (χ1) is 14.2. The lowest BCUT2D eigenvalue weighted by Gasteiger charge is -2.28. The van der Waals surface area contributed by atoms with Gasteiger partial charge in [-0.2, -0.15) is 0 Å². The number of ether oxygens (including phenoxy) is 2. The highest BCUT2D eigenvalue weighted by Crippen LogP contribution is 2.23. The van der Waals surface area contributed by atoms with Gasteiger partial charge in [-0.25, -0.2) is 14.8 Å². The van der Waals surface area contributed by atoms with Crippen molar-refractivity contribution in [3.05, 3.63) is 96.0 Å². The summed E-state index contributed by atoms with van der Waals surface area (Å²) in [5, 5.41) is 0. The Balaban J connectivity index is 1.59. The van der Waals surface area contributed by atoms with Crippen LogP contribution in [0.25, 0.3) is 6.08 Å². The monoisotopic (exact) mass is 385 g/mol. The first-order valence-electron chi connectivity index (χ1n) is 9.10. The van der Waals surface area contributed by atoms with Crippen LogP contribution >= 0.6 is 0 Å². The van der Waals surface area contributed by atoms with Crippen LogP contribution in [0.3, 0.4) is 0 Å². The van der Waals surface area contributed by atoms with E-state index in [2.05, 4.69) is 9.98 Å². The predicted octanol–water partition coefficient (Wildman–Crippen LogP) is 3.93. The Kier molecular flexibility index (Phi) is 5.33. The van der Waals surface area contributed by atoms with Gasteiger partial charge in [0.2, 0.25) is 0 Å². The molecular formula is C23H19N3O3. The van der Waals surface area contributed by atoms with Gasteiger partial charge in [-0.3, -0.25) is 4.90 Å². The zero-order valence-electron chi connectivity index (χ0n) is 15.9. The third-order valence-corrected chi connectivity index (χ3v) is 4.36. The van der Waals surface area contributed by atoms with E-state index in [9.17, 15) is 4.79 Å². The van der Waals surface area contributed by atoms with Gasteiger partial charge in [-0.1, -0.05) is 42.5 Å². The zero-order chi connectivity index (χ0) is 20.1. The van der Waals surface area contributed by atoms with Gasteiger partial charge in [0.1, 0.15) is 29.7 Å². The van der Waals surface area contributed by atoms with Crippen molar-refractivity contribution in [2.75, 3.05) is 7.11 Å². The topological polar surface area (TPSA) is 63.5 Å². The molecule has 0 N–H and O–H groups in total.